The minimum atomic E-state index is 1.33. The summed E-state index contributed by atoms with van der Waals surface area (Å²) in [6.45, 7) is 4.67. The molecule has 9 rings (SSSR count). The Kier molecular flexibility index (Phi) is 3.26. The van der Waals surface area contributed by atoms with Gasteiger partial charge in [-0.25, -0.2) is 0 Å². The van der Waals surface area contributed by atoms with Crippen molar-refractivity contribution in [3.05, 3.63) is 108 Å². The summed E-state index contributed by atoms with van der Waals surface area (Å²) in [5, 5.41) is 22.2. The van der Waals surface area contributed by atoms with Crippen molar-refractivity contribution in [2.45, 2.75) is 13.8 Å². The molecular formula is C36H22. The summed E-state index contributed by atoms with van der Waals surface area (Å²) in [4.78, 5) is 0. The lowest BCUT2D eigenvalue weighted by molar-refractivity contribution is 1.55. The van der Waals surface area contributed by atoms with Crippen LogP contribution in [0.15, 0.2) is 97.1 Å². The Morgan fingerprint density at radius 1 is 0.278 bits per heavy atom. The molecule has 0 aromatic heterocycles. The molecule has 0 atom stereocenters. The molecule has 0 radical (unpaired) electrons. The molecule has 9 aromatic rings. The minimum absolute atomic E-state index is 1.33. The summed E-state index contributed by atoms with van der Waals surface area (Å²) in [6, 6.07) is 36.3. The number of rotatable bonds is 0. The van der Waals surface area contributed by atoms with E-state index in [1.54, 1.807) is 0 Å². The Hall–Kier alpha value is -4.42. The maximum absolute atomic E-state index is 2.34. The fraction of sp³-hybridized carbons (Fsp3) is 0.0556. The molecule has 166 valence electrons. The molecule has 0 nitrogen and oxygen atoms in total. The highest BCUT2D eigenvalue weighted by atomic mass is 14.3. The number of hydrogen-bond acceptors (Lipinski definition) is 0. The van der Waals surface area contributed by atoms with E-state index < -0.39 is 0 Å². The van der Waals surface area contributed by atoms with E-state index in [1.165, 1.54) is 97.3 Å². The van der Waals surface area contributed by atoms with Crippen LogP contribution in [0.5, 0.6) is 0 Å². The number of aryl methyl sites for hydroxylation is 2. The topological polar surface area (TPSA) is 0 Å². The summed E-state index contributed by atoms with van der Waals surface area (Å²) in [6.07, 6.45) is 0. The van der Waals surface area contributed by atoms with Gasteiger partial charge in [-0.15, -0.1) is 0 Å². The normalized spacial score (nSPS) is 12.7. The zero-order valence-electron chi connectivity index (χ0n) is 20.2. The third kappa shape index (κ3) is 1.98. The number of fused-ring (bicyclic) bond motifs is 11. The molecule has 0 fully saturated rings. The fourth-order valence-corrected chi connectivity index (χ4v) is 7.50. The molecule has 0 unspecified atom stereocenters. The molecular weight excluding hydrogens is 432 g/mol. The van der Waals surface area contributed by atoms with Gasteiger partial charge in [0.15, 0.2) is 0 Å². The molecule has 0 aliphatic heterocycles. The van der Waals surface area contributed by atoms with E-state index in [-0.39, 0.29) is 0 Å². The standard InChI is InChI=1S/C36H22/c1-19-23-13-3-4-14-24(23)20(2)30-29(19)33-25-15-5-9-21-11-7-17-27(31(21)25)35(33)36-28-18-8-12-22-10-6-16-26(32(22)28)34(30)36/h3-18H,1-2H3. The Bertz CT molecular complexity index is 2190. The first kappa shape index (κ1) is 18.9. The van der Waals surface area contributed by atoms with Crippen LogP contribution in [0.1, 0.15) is 11.1 Å². The van der Waals surface area contributed by atoms with Crippen LogP contribution < -0.4 is 0 Å². The van der Waals surface area contributed by atoms with Crippen LogP contribution in [0.2, 0.25) is 0 Å². The average molecular weight is 455 g/mol. The highest BCUT2D eigenvalue weighted by molar-refractivity contribution is 6.51. The van der Waals surface area contributed by atoms with Crippen LogP contribution in [0.3, 0.4) is 0 Å². The highest BCUT2D eigenvalue weighted by Gasteiger charge is 2.25. The summed E-state index contributed by atoms with van der Waals surface area (Å²) >= 11 is 0. The molecule has 0 aliphatic rings. The van der Waals surface area contributed by atoms with E-state index in [1.807, 2.05) is 0 Å². The molecule has 36 heavy (non-hydrogen) atoms. The molecule has 0 aliphatic carbocycles. The smallest absolute Gasteiger partial charge is 0.000708 e. The van der Waals surface area contributed by atoms with Crippen molar-refractivity contribution in [3.8, 4) is 0 Å². The van der Waals surface area contributed by atoms with Gasteiger partial charge in [0.25, 0.3) is 0 Å². The minimum Gasteiger partial charge on any atom is -0.0616 e. The van der Waals surface area contributed by atoms with Gasteiger partial charge in [0.05, 0.1) is 0 Å². The molecule has 9 aromatic carbocycles. The van der Waals surface area contributed by atoms with Crippen molar-refractivity contribution in [3.63, 3.8) is 0 Å². The molecule has 0 spiro atoms. The number of hydrogen-bond donors (Lipinski definition) is 0. The van der Waals surface area contributed by atoms with Crippen LogP contribution in [-0.4, -0.2) is 0 Å². The van der Waals surface area contributed by atoms with Crippen molar-refractivity contribution >= 4 is 86.2 Å². The summed E-state index contributed by atoms with van der Waals surface area (Å²) < 4.78 is 0. The van der Waals surface area contributed by atoms with Gasteiger partial charge in [0, 0.05) is 0 Å². The van der Waals surface area contributed by atoms with E-state index in [0.717, 1.165) is 0 Å². The highest BCUT2D eigenvalue weighted by Crippen LogP contribution is 2.53. The summed E-state index contributed by atoms with van der Waals surface area (Å²) in [7, 11) is 0. The lowest BCUT2D eigenvalue weighted by Crippen LogP contribution is -1.90. The average Bonchev–Trinajstić information content (AvgIpc) is 3.43. The van der Waals surface area contributed by atoms with Crippen LogP contribution in [0.4, 0.5) is 0 Å². The second kappa shape index (κ2) is 6.22. The molecule has 0 amide bonds. The first-order valence-corrected chi connectivity index (χ1v) is 12.8. The predicted octanol–water partition coefficient (Wildman–Crippen LogP) is 10.4. The zero-order valence-corrected chi connectivity index (χ0v) is 20.2. The van der Waals surface area contributed by atoms with Crippen molar-refractivity contribution in [1.29, 1.82) is 0 Å². The van der Waals surface area contributed by atoms with Gasteiger partial charge in [-0.05, 0) is 111 Å². The monoisotopic (exact) mass is 454 g/mol. The lowest BCUT2D eigenvalue weighted by Gasteiger charge is -2.16. The van der Waals surface area contributed by atoms with Gasteiger partial charge in [-0.1, -0.05) is 97.1 Å². The SMILES string of the molecule is Cc1c2ccccc2c(C)c2c1c1c3cccc4cccc(c43)c1c1c3cccc4cccc(c43)c21. The van der Waals surface area contributed by atoms with Gasteiger partial charge < -0.3 is 0 Å². The van der Waals surface area contributed by atoms with Crippen molar-refractivity contribution in [2.24, 2.45) is 0 Å². The third-order valence-electron chi connectivity index (χ3n) is 8.87. The van der Waals surface area contributed by atoms with E-state index in [2.05, 4.69) is 111 Å². The Morgan fingerprint density at radius 2 is 0.583 bits per heavy atom. The van der Waals surface area contributed by atoms with Gasteiger partial charge >= 0.3 is 0 Å². The van der Waals surface area contributed by atoms with Crippen molar-refractivity contribution in [2.75, 3.05) is 0 Å². The summed E-state index contributed by atoms with van der Waals surface area (Å²) in [5.74, 6) is 0. The second-order valence-electron chi connectivity index (χ2n) is 10.5. The first-order chi connectivity index (χ1) is 17.7. The Morgan fingerprint density at radius 3 is 0.944 bits per heavy atom. The molecule has 0 bridgehead atoms. The number of benzene rings is 7. The van der Waals surface area contributed by atoms with E-state index >= 15 is 0 Å². The predicted molar refractivity (Wildman–Crippen MR) is 158 cm³/mol. The quantitative estimate of drug-likeness (QED) is 0.200. The van der Waals surface area contributed by atoms with Crippen LogP contribution in [-0.2, 0) is 0 Å². The molecule has 0 N–H and O–H groups in total. The largest absolute Gasteiger partial charge is 0.0616 e. The molecule has 0 saturated heterocycles. The van der Waals surface area contributed by atoms with Crippen molar-refractivity contribution in [1.82, 2.24) is 0 Å². The van der Waals surface area contributed by atoms with E-state index in [9.17, 15) is 0 Å². The Labute approximate surface area is 208 Å². The van der Waals surface area contributed by atoms with Crippen LogP contribution >= 0.6 is 0 Å². The molecule has 0 saturated carbocycles. The maximum atomic E-state index is 2.34. The molecule has 0 heteroatoms. The van der Waals surface area contributed by atoms with Crippen LogP contribution in [0, 0.1) is 13.8 Å². The summed E-state index contributed by atoms with van der Waals surface area (Å²) in [5.41, 5.74) is 2.77. The Balaban J connectivity index is 1.81. The van der Waals surface area contributed by atoms with Gasteiger partial charge in [0.1, 0.15) is 0 Å². The lowest BCUT2D eigenvalue weighted by atomic mass is 9.87. The van der Waals surface area contributed by atoms with Crippen LogP contribution in [0.25, 0.3) is 86.2 Å². The van der Waals surface area contributed by atoms with Gasteiger partial charge in [0.2, 0.25) is 0 Å². The van der Waals surface area contributed by atoms with Gasteiger partial charge in [-0.3, -0.25) is 0 Å². The zero-order chi connectivity index (χ0) is 23.7. The first-order valence-electron chi connectivity index (χ1n) is 12.8. The molecule has 0 heterocycles. The van der Waals surface area contributed by atoms with E-state index in [4.69, 9.17) is 0 Å². The van der Waals surface area contributed by atoms with E-state index in [0.29, 0.717) is 0 Å². The second-order valence-corrected chi connectivity index (χ2v) is 10.5. The fourth-order valence-electron chi connectivity index (χ4n) is 7.50. The van der Waals surface area contributed by atoms with Gasteiger partial charge in [-0.2, -0.15) is 0 Å². The maximum Gasteiger partial charge on any atom is -0.000708 e. The van der Waals surface area contributed by atoms with Crippen molar-refractivity contribution < 1.29 is 0 Å². The third-order valence-corrected chi connectivity index (χ3v) is 8.87.